The van der Waals surface area contributed by atoms with E-state index in [1.54, 1.807) is 7.11 Å². The second kappa shape index (κ2) is 6.07. The molecular formula is C17H15N3OS. The number of ether oxygens (including phenoxy) is 1. The topological polar surface area (TPSA) is 61.2 Å². The van der Waals surface area contributed by atoms with Crippen molar-refractivity contribution in [2.75, 3.05) is 7.11 Å². The van der Waals surface area contributed by atoms with Crippen molar-refractivity contribution >= 4 is 34.4 Å². The van der Waals surface area contributed by atoms with Crippen LogP contribution in [-0.2, 0) is 0 Å². The molecule has 3 rings (SSSR count). The van der Waals surface area contributed by atoms with Gasteiger partial charge in [0, 0.05) is 28.2 Å². The molecule has 0 unspecified atom stereocenters. The molecule has 0 aliphatic carbocycles. The average Bonchev–Trinajstić information content (AvgIpc) is 3.03. The minimum atomic E-state index is 0.186. The lowest BCUT2D eigenvalue weighted by atomic mass is 10.1. The van der Waals surface area contributed by atoms with Gasteiger partial charge in [0.2, 0.25) is 0 Å². The van der Waals surface area contributed by atoms with Gasteiger partial charge in [0.1, 0.15) is 10.8 Å². The molecule has 4 nitrogen and oxygen atoms in total. The first-order chi connectivity index (χ1) is 10.7. The van der Waals surface area contributed by atoms with E-state index in [4.69, 9.17) is 10.1 Å². The van der Waals surface area contributed by atoms with E-state index in [0.29, 0.717) is 5.04 Å². The zero-order chi connectivity index (χ0) is 15.5. The van der Waals surface area contributed by atoms with Gasteiger partial charge in [-0.05, 0) is 36.4 Å². The van der Waals surface area contributed by atoms with Crippen molar-refractivity contribution in [2.24, 2.45) is 4.99 Å². The molecule has 0 aliphatic rings. The molecule has 0 saturated heterocycles. The van der Waals surface area contributed by atoms with E-state index < -0.39 is 0 Å². The summed E-state index contributed by atoms with van der Waals surface area (Å²) < 4.78 is 5.13. The third kappa shape index (κ3) is 2.76. The molecule has 3 aromatic rings. The fourth-order valence-electron chi connectivity index (χ4n) is 2.26. The number of nitrogens with one attached hydrogen (secondary N) is 2. The van der Waals surface area contributed by atoms with E-state index in [2.05, 4.69) is 22.6 Å². The van der Waals surface area contributed by atoms with Crippen LogP contribution in [0.1, 0.15) is 11.1 Å². The number of rotatable bonds is 3. The van der Waals surface area contributed by atoms with Gasteiger partial charge in [0.15, 0.2) is 5.84 Å². The number of H-pyrrole nitrogens is 1. The van der Waals surface area contributed by atoms with Crippen LogP contribution in [0.3, 0.4) is 0 Å². The van der Waals surface area contributed by atoms with Crippen molar-refractivity contribution in [1.29, 1.82) is 5.41 Å². The Balaban J connectivity index is 1.93. The van der Waals surface area contributed by atoms with E-state index in [0.717, 1.165) is 27.8 Å². The number of nitrogens with zero attached hydrogens (tertiary/aromatic N) is 1. The first kappa shape index (κ1) is 14.4. The molecule has 22 heavy (non-hydrogen) atoms. The number of aliphatic imine (C=N–C) groups is 1. The number of aromatic amines is 1. The van der Waals surface area contributed by atoms with Crippen molar-refractivity contribution in [2.45, 2.75) is 0 Å². The summed E-state index contributed by atoms with van der Waals surface area (Å²) in [5.41, 5.74) is 2.61. The van der Waals surface area contributed by atoms with Gasteiger partial charge in [0.25, 0.3) is 0 Å². The highest BCUT2D eigenvalue weighted by atomic mass is 32.1. The lowest BCUT2D eigenvalue weighted by molar-refractivity contribution is 0.415. The Bertz CT molecular complexity index is 850. The zero-order valence-electron chi connectivity index (χ0n) is 12.0. The molecule has 1 heterocycles. The Hall–Kier alpha value is -2.53. The Morgan fingerprint density at radius 3 is 2.64 bits per heavy atom. The van der Waals surface area contributed by atoms with Gasteiger partial charge in [-0.3, -0.25) is 5.41 Å². The molecule has 2 N–H and O–H groups in total. The molecule has 0 atom stereocenters. The Morgan fingerprint density at radius 1 is 1.14 bits per heavy atom. The Labute approximate surface area is 133 Å². The summed E-state index contributed by atoms with van der Waals surface area (Å²) in [7, 11) is 1.62. The molecule has 5 heteroatoms. The van der Waals surface area contributed by atoms with E-state index >= 15 is 0 Å². The van der Waals surface area contributed by atoms with Gasteiger partial charge < -0.3 is 9.72 Å². The van der Waals surface area contributed by atoms with E-state index in [9.17, 15) is 0 Å². The maximum atomic E-state index is 8.23. The molecule has 1 aromatic heterocycles. The molecule has 2 aromatic carbocycles. The van der Waals surface area contributed by atoms with Gasteiger partial charge in [-0.2, -0.15) is 0 Å². The number of hydrogen-bond acceptors (Lipinski definition) is 2. The van der Waals surface area contributed by atoms with Crippen LogP contribution < -0.4 is 4.74 Å². The lowest BCUT2D eigenvalue weighted by Gasteiger charge is -2.05. The minimum absolute atomic E-state index is 0.186. The number of methoxy groups -OCH3 is 1. The Morgan fingerprint density at radius 2 is 1.91 bits per heavy atom. The first-order valence-electron chi connectivity index (χ1n) is 6.76. The van der Waals surface area contributed by atoms with E-state index in [1.807, 2.05) is 54.7 Å². The van der Waals surface area contributed by atoms with Crippen LogP contribution >= 0.6 is 12.6 Å². The lowest BCUT2D eigenvalue weighted by Crippen LogP contribution is -2.01. The van der Waals surface area contributed by atoms with Gasteiger partial charge in [0.05, 0.1) is 7.11 Å². The predicted molar refractivity (Wildman–Crippen MR) is 93.6 cm³/mol. The maximum absolute atomic E-state index is 8.23. The number of amidine groups is 1. The van der Waals surface area contributed by atoms with Crippen LogP contribution in [-0.4, -0.2) is 23.0 Å². The highest BCUT2D eigenvalue weighted by molar-refractivity contribution is 7.97. The first-order valence-corrected chi connectivity index (χ1v) is 7.21. The average molecular weight is 309 g/mol. The fraction of sp³-hybridized carbons (Fsp3) is 0.0588. The molecule has 0 aliphatic heterocycles. The Kier molecular flexibility index (Phi) is 3.98. The van der Waals surface area contributed by atoms with Crippen LogP contribution in [0.4, 0.5) is 0 Å². The summed E-state index contributed by atoms with van der Waals surface area (Å²) in [6, 6.07) is 15.1. The molecule has 0 radical (unpaired) electrons. The largest absolute Gasteiger partial charge is 0.497 e. The van der Waals surface area contributed by atoms with Crippen molar-refractivity contribution in [1.82, 2.24) is 4.98 Å². The number of benzene rings is 2. The monoisotopic (exact) mass is 309 g/mol. The summed E-state index contributed by atoms with van der Waals surface area (Å²) >= 11 is 4.41. The second-order valence-electron chi connectivity index (χ2n) is 4.76. The molecule has 110 valence electrons. The van der Waals surface area contributed by atoms with Gasteiger partial charge >= 0.3 is 0 Å². The van der Waals surface area contributed by atoms with Crippen LogP contribution in [0.5, 0.6) is 5.75 Å². The summed E-state index contributed by atoms with van der Waals surface area (Å²) in [5, 5.41) is 9.71. The summed E-state index contributed by atoms with van der Waals surface area (Å²) in [6.07, 6.45) is 1.86. The quantitative estimate of drug-likeness (QED) is 0.384. The molecule has 0 saturated carbocycles. The number of thiol groups is 1. The molecule has 0 bridgehead atoms. The highest BCUT2D eigenvalue weighted by Crippen LogP contribution is 2.19. The molecule has 0 fully saturated rings. The molecule has 0 spiro atoms. The van der Waals surface area contributed by atoms with Gasteiger partial charge in [-0.1, -0.05) is 12.1 Å². The summed E-state index contributed by atoms with van der Waals surface area (Å²) in [4.78, 5) is 7.45. The number of aromatic nitrogens is 1. The van der Waals surface area contributed by atoms with E-state index in [1.165, 1.54) is 0 Å². The predicted octanol–water partition coefficient (Wildman–Crippen LogP) is 3.88. The molecule has 0 amide bonds. The minimum Gasteiger partial charge on any atom is -0.497 e. The van der Waals surface area contributed by atoms with Crippen LogP contribution in [0, 0.1) is 5.41 Å². The van der Waals surface area contributed by atoms with Crippen LogP contribution in [0.15, 0.2) is 59.7 Å². The fourth-order valence-corrected chi connectivity index (χ4v) is 2.51. The molecular weight excluding hydrogens is 294 g/mol. The normalized spacial score (nSPS) is 11.6. The summed E-state index contributed by atoms with van der Waals surface area (Å²) in [6.45, 7) is 0. The van der Waals surface area contributed by atoms with Gasteiger partial charge in [-0.25, -0.2) is 4.99 Å². The number of fused-ring (bicyclic) bond motifs is 1. The number of hydrogen-bond donors (Lipinski definition) is 3. The van der Waals surface area contributed by atoms with Crippen molar-refractivity contribution in [3.63, 3.8) is 0 Å². The van der Waals surface area contributed by atoms with Crippen LogP contribution in [0.25, 0.3) is 10.9 Å². The third-order valence-electron chi connectivity index (χ3n) is 3.42. The smallest absolute Gasteiger partial charge is 0.153 e. The maximum Gasteiger partial charge on any atom is 0.153 e. The van der Waals surface area contributed by atoms with Crippen molar-refractivity contribution in [3.05, 3.63) is 65.9 Å². The van der Waals surface area contributed by atoms with E-state index in [-0.39, 0.29) is 5.84 Å². The highest BCUT2D eigenvalue weighted by Gasteiger charge is 2.08. The summed E-state index contributed by atoms with van der Waals surface area (Å²) in [5.74, 6) is 0.961. The SMILES string of the molecule is COc1ccc(/C(S)=N/C(=N)c2cccc3[nH]ccc23)cc1. The third-order valence-corrected chi connectivity index (χ3v) is 3.77. The second-order valence-corrected chi connectivity index (χ2v) is 5.18. The zero-order valence-corrected chi connectivity index (χ0v) is 12.9. The standard InChI is InChI=1S/C17H15N3OS/c1-21-12-7-5-11(6-8-12)17(22)20-16(18)14-3-2-4-15-13(14)9-10-19-15/h2-10,19H,1H3,(H2,18,20,22). The van der Waals surface area contributed by atoms with Crippen LogP contribution in [0.2, 0.25) is 0 Å². The van der Waals surface area contributed by atoms with Crippen molar-refractivity contribution in [3.8, 4) is 5.75 Å². The van der Waals surface area contributed by atoms with Gasteiger partial charge in [-0.15, -0.1) is 12.6 Å². The van der Waals surface area contributed by atoms with Crippen molar-refractivity contribution < 1.29 is 4.74 Å².